The Morgan fingerprint density at radius 1 is 1.47 bits per heavy atom. The number of aromatic nitrogens is 1. The molecule has 2 aromatic rings. The highest BCUT2D eigenvalue weighted by molar-refractivity contribution is 5.84. The summed E-state index contributed by atoms with van der Waals surface area (Å²) in [5.74, 6) is 0.256. The van der Waals surface area contributed by atoms with Gasteiger partial charge in [0.1, 0.15) is 5.75 Å². The maximum atomic E-state index is 10.1. The molecule has 2 rings (SSSR count). The van der Waals surface area contributed by atoms with Gasteiger partial charge in [0.2, 0.25) is 6.41 Å². The molecule has 0 saturated carbocycles. The van der Waals surface area contributed by atoms with Crippen LogP contribution in [0.1, 0.15) is 5.56 Å². The number of H-pyrrole nitrogens is 1. The molecule has 1 aromatic heterocycles. The van der Waals surface area contributed by atoms with Gasteiger partial charge in [0, 0.05) is 23.6 Å². The van der Waals surface area contributed by atoms with Gasteiger partial charge in [-0.25, -0.2) is 0 Å². The third-order valence-electron chi connectivity index (χ3n) is 2.37. The number of benzene rings is 1. The first-order chi connectivity index (χ1) is 7.31. The van der Waals surface area contributed by atoms with E-state index in [1.807, 2.05) is 12.3 Å². The molecule has 1 amide bonds. The first-order valence-corrected chi connectivity index (χ1v) is 4.77. The summed E-state index contributed by atoms with van der Waals surface area (Å²) < 4.78 is 0. The second kappa shape index (κ2) is 4.04. The standard InChI is InChI=1S/C11H12N2O2/c14-7-12-4-3-8-6-13-11-2-1-9(15)5-10(8)11/h1-2,5-7,13,15H,3-4H2,(H,12,14). The highest BCUT2D eigenvalue weighted by atomic mass is 16.3. The third-order valence-corrected chi connectivity index (χ3v) is 2.37. The molecule has 0 aliphatic carbocycles. The van der Waals surface area contributed by atoms with Crippen LogP contribution in [0.15, 0.2) is 24.4 Å². The van der Waals surface area contributed by atoms with Crippen molar-refractivity contribution in [3.8, 4) is 5.75 Å². The minimum atomic E-state index is 0.256. The van der Waals surface area contributed by atoms with E-state index in [2.05, 4.69) is 10.3 Å². The van der Waals surface area contributed by atoms with Crippen LogP contribution < -0.4 is 5.32 Å². The van der Waals surface area contributed by atoms with E-state index in [-0.39, 0.29) is 5.75 Å². The monoisotopic (exact) mass is 204 g/mol. The molecule has 0 saturated heterocycles. The van der Waals surface area contributed by atoms with Crippen molar-refractivity contribution >= 4 is 17.3 Å². The lowest BCUT2D eigenvalue weighted by Gasteiger charge is -1.98. The maximum Gasteiger partial charge on any atom is 0.207 e. The lowest BCUT2D eigenvalue weighted by atomic mass is 10.1. The number of fused-ring (bicyclic) bond motifs is 1. The van der Waals surface area contributed by atoms with Crippen molar-refractivity contribution in [2.45, 2.75) is 6.42 Å². The Balaban J connectivity index is 2.27. The molecule has 4 nitrogen and oxygen atoms in total. The van der Waals surface area contributed by atoms with E-state index in [0.29, 0.717) is 13.0 Å². The van der Waals surface area contributed by atoms with E-state index < -0.39 is 0 Å². The summed E-state index contributed by atoms with van der Waals surface area (Å²) in [7, 11) is 0. The molecule has 15 heavy (non-hydrogen) atoms. The highest BCUT2D eigenvalue weighted by Crippen LogP contribution is 2.22. The summed E-state index contributed by atoms with van der Waals surface area (Å²) in [4.78, 5) is 13.2. The van der Waals surface area contributed by atoms with E-state index in [1.165, 1.54) is 0 Å². The average molecular weight is 204 g/mol. The predicted octanol–water partition coefficient (Wildman–Crippen LogP) is 1.16. The molecular formula is C11H12N2O2. The fourth-order valence-electron chi connectivity index (χ4n) is 1.64. The lowest BCUT2D eigenvalue weighted by Crippen LogP contribution is -2.14. The van der Waals surface area contributed by atoms with E-state index >= 15 is 0 Å². The molecule has 0 radical (unpaired) electrons. The molecular weight excluding hydrogens is 192 g/mol. The second-order valence-corrected chi connectivity index (χ2v) is 3.37. The minimum Gasteiger partial charge on any atom is -0.508 e. The van der Waals surface area contributed by atoms with E-state index in [1.54, 1.807) is 12.1 Å². The second-order valence-electron chi connectivity index (χ2n) is 3.37. The Labute approximate surface area is 86.9 Å². The van der Waals surface area contributed by atoms with Crippen LogP contribution in [-0.2, 0) is 11.2 Å². The summed E-state index contributed by atoms with van der Waals surface area (Å²) >= 11 is 0. The normalized spacial score (nSPS) is 10.4. The van der Waals surface area contributed by atoms with Crippen LogP contribution in [0, 0.1) is 0 Å². The smallest absolute Gasteiger partial charge is 0.207 e. The summed E-state index contributed by atoms with van der Waals surface area (Å²) in [5, 5.41) is 13.0. The van der Waals surface area contributed by atoms with Crippen molar-refractivity contribution < 1.29 is 9.90 Å². The Morgan fingerprint density at radius 3 is 3.13 bits per heavy atom. The van der Waals surface area contributed by atoms with Gasteiger partial charge in [-0.15, -0.1) is 0 Å². The van der Waals surface area contributed by atoms with Gasteiger partial charge in [0.15, 0.2) is 0 Å². The third kappa shape index (κ3) is 1.93. The molecule has 0 unspecified atom stereocenters. The summed E-state index contributed by atoms with van der Waals surface area (Å²) in [6.45, 7) is 0.603. The zero-order chi connectivity index (χ0) is 10.7. The number of aromatic hydroxyl groups is 1. The Kier molecular flexibility index (Phi) is 2.58. The van der Waals surface area contributed by atoms with Crippen molar-refractivity contribution in [1.82, 2.24) is 10.3 Å². The molecule has 0 fully saturated rings. The molecule has 0 atom stereocenters. The lowest BCUT2D eigenvalue weighted by molar-refractivity contribution is -0.109. The van der Waals surface area contributed by atoms with Gasteiger partial charge in [-0.1, -0.05) is 0 Å². The van der Waals surface area contributed by atoms with Gasteiger partial charge in [-0.05, 0) is 30.2 Å². The van der Waals surface area contributed by atoms with Gasteiger partial charge in [-0.3, -0.25) is 4.79 Å². The molecule has 1 aromatic carbocycles. The van der Waals surface area contributed by atoms with Crippen molar-refractivity contribution in [3.05, 3.63) is 30.0 Å². The van der Waals surface area contributed by atoms with Crippen LogP contribution in [0.4, 0.5) is 0 Å². The van der Waals surface area contributed by atoms with Crippen molar-refractivity contribution in [3.63, 3.8) is 0 Å². The fraction of sp³-hybridized carbons (Fsp3) is 0.182. The number of hydrogen-bond acceptors (Lipinski definition) is 2. The SMILES string of the molecule is O=CNCCc1c[nH]c2ccc(O)cc12. The molecule has 0 aliphatic rings. The van der Waals surface area contributed by atoms with Crippen LogP contribution in [0.3, 0.4) is 0 Å². The Morgan fingerprint density at radius 2 is 2.33 bits per heavy atom. The fourth-order valence-corrected chi connectivity index (χ4v) is 1.64. The van der Waals surface area contributed by atoms with Crippen molar-refractivity contribution in [1.29, 1.82) is 0 Å². The summed E-state index contributed by atoms with van der Waals surface area (Å²) in [6.07, 6.45) is 3.34. The van der Waals surface area contributed by atoms with Crippen LogP contribution in [0.5, 0.6) is 5.75 Å². The number of phenols is 1. The average Bonchev–Trinajstić information content (AvgIpc) is 2.62. The first-order valence-electron chi connectivity index (χ1n) is 4.77. The Bertz CT molecular complexity index is 476. The molecule has 4 heteroatoms. The number of carbonyl (C=O) groups is 1. The summed E-state index contributed by atoms with van der Waals surface area (Å²) in [6, 6.07) is 5.20. The number of aromatic amines is 1. The van der Waals surface area contributed by atoms with Gasteiger partial charge in [0.25, 0.3) is 0 Å². The maximum absolute atomic E-state index is 10.1. The number of rotatable bonds is 4. The molecule has 0 aliphatic heterocycles. The van der Waals surface area contributed by atoms with E-state index in [4.69, 9.17) is 0 Å². The van der Waals surface area contributed by atoms with Crippen molar-refractivity contribution in [2.24, 2.45) is 0 Å². The van der Waals surface area contributed by atoms with E-state index in [9.17, 15) is 9.90 Å². The first kappa shape index (κ1) is 9.58. The summed E-state index contributed by atoms with van der Waals surface area (Å²) in [5.41, 5.74) is 2.09. The van der Waals surface area contributed by atoms with Crippen LogP contribution >= 0.6 is 0 Å². The van der Waals surface area contributed by atoms with Gasteiger partial charge >= 0.3 is 0 Å². The van der Waals surface area contributed by atoms with Gasteiger partial charge in [-0.2, -0.15) is 0 Å². The quantitative estimate of drug-likeness (QED) is 0.517. The molecule has 0 bridgehead atoms. The topological polar surface area (TPSA) is 65.1 Å². The van der Waals surface area contributed by atoms with Crippen LogP contribution in [-0.4, -0.2) is 23.0 Å². The van der Waals surface area contributed by atoms with E-state index in [0.717, 1.165) is 22.9 Å². The zero-order valence-electron chi connectivity index (χ0n) is 8.16. The van der Waals surface area contributed by atoms with Gasteiger partial charge < -0.3 is 15.4 Å². The van der Waals surface area contributed by atoms with Crippen LogP contribution in [0.25, 0.3) is 10.9 Å². The number of amides is 1. The van der Waals surface area contributed by atoms with Crippen LogP contribution in [0.2, 0.25) is 0 Å². The number of hydrogen-bond donors (Lipinski definition) is 3. The zero-order valence-corrected chi connectivity index (χ0v) is 8.16. The van der Waals surface area contributed by atoms with Crippen molar-refractivity contribution in [2.75, 3.05) is 6.54 Å². The molecule has 0 spiro atoms. The number of carbonyl (C=O) groups excluding carboxylic acids is 1. The highest BCUT2D eigenvalue weighted by Gasteiger charge is 2.03. The number of nitrogens with one attached hydrogen (secondary N) is 2. The number of phenolic OH excluding ortho intramolecular Hbond substituents is 1. The molecule has 1 heterocycles. The molecule has 78 valence electrons. The molecule has 3 N–H and O–H groups in total. The van der Waals surface area contributed by atoms with Gasteiger partial charge in [0.05, 0.1) is 0 Å². The Hall–Kier alpha value is -1.97. The minimum absolute atomic E-state index is 0.256. The predicted molar refractivity (Wildman–Crippen MR) is 57.7 cm³/mol. The largest absolute Gasteiger partial charge is 0.508 e.